The van der Waals surface area contributed by atoms with Crippen molar-refractivity contribution in [1.82, 2.24) is 29.6 Å². The predicted molar refractivity (Wildman–Crippen MR) is 163 cm³/mol. The van der Waals surface area contributed by atoms with Crippen molar-refractivity contribution < 1.29 is 14.3 Å². The number of hydrogen-bond donors (Lipinski definition) is 1. The Morgan fingerprint density at radius 2 is 1.60 bits per heavy atom. The van der Waals surface area contributed by atoms with Crippen molar-refractivity contribution in [1.29, 1.82) is 0 Å². The first-order valence-corrected chi connectivity index (χ1v) is 15.3. The Morgan fingerprint density at radius 1 is 0.905 bits per heavy atom. The van der Waals surface area contributed by atoms with Gasteiger partial charge in [0.05, 0.1) is 18.3 Å². The molecule has 1 amide bonds. The number of carbonyl (C=O) groups is 2. The van der Waals surface area contributed by atoms with Gasteiger partial charge in [0, 0.05) is 81.9 Å². The molecule has 0 radical (unpaired) electrons. The maximum atomic E-state index is 12.8. The van der Waals surface area contributed by atoms with Crippen LogP contribution in [0.2, 0.25) is 0 Å². The van der Waals surface area contributed by atoms with Crippen molar-refractivity contribution in [3.8, 4) is 0 Å². The van der Waals surface area contributed by atoms with E-state index in [0.29, 0.717) is 57.4 Å². The van der Waals surface area contributed by atoms with Crippen molar-refractivity contribution >= 4 is 46.2 Å². The number of anilines is 4. The lowest BCUT2D eigenvalue weighted by Crippen LogP contribution is -2.49. The summed E-state index contributed by atoms with van der Waals surface area (Å²) in [5, 5.41) is 8.84. The van der Waals surface area contributed by atoms with E-state index in [9.17, 15) is 9.59 Å². The van der Waals surface area contributed by atoms with Gasteiger partial charge in [0.25, 0.3) is 0 Å². The van der Waals surface area contributed by atoms with Gasteiger partial charge in [-0.2, -0.15) is 15.1 Å². The van der Waals surface area contributed by atoms with Gasteiger partial charge >= 0.3 is 5.97 Å². The molecule has 0 bridgehead atoms. The monoisotopic (exact) mass is 577 g/mol. The van der Waals surface area contributed by atoms with Gasteiger partial charge in [-0.1, -0.05) is 6.42 Å². The number of unbranched alkanes of at least 4 members (excludes halogenated alkanes) is 2. The van der Waals surface area contributed by atoms with E-state index in [4.69, 9.17) is 14.7 Å². The zero-order valence-corrected chi connectivity index (χ0v) is 25.1. The Hall–Kier alpha value is -3.96. The fraction of sp³-hybridized carbons (Fsp3) is 0.600. The minimum Gasteiger partial charge on any atom is -0.466 e. The smallest absolute Gasteiger partial charge is 0.305 e. The molecule has 0 aromatic carbocycles. The van der Waals surface area contributed by atoms with E-state index in [2.05, 4.69) is 45.1 Å². The first-order valence-electron chi connectivity index (χ1n) is 15.3. The van der Waals surface area contributed by atoms with Crippen LogP contribution in [-0.4, -0.2) is 87.4 Å². The van der Waals surface area contributed by atoms with Crippen LogP contribution in [0.1, 0.15) is 71.8 Å². The topological polar surface area (TPSA) is 122 Å². The molecule has 2 aliphatic heterocycles. The highest BCUT2D eigenvalue weighted by Crippen LogP contribution is 2.27. The Labute approximate surface area is 247 Å². The second-order valence-electron chi connectivity index (χ2n) is 11.3. The quantitative estimate of drug-likeness (QED) is 0.246. The van der Waals surface area contributed by atoms with Gasteiger partial charge in [-0.05, 0) is 46.5 Å². The number of ether oxygens (including phenoxy) is 1. The summed E-state index contributed by atoms with van der Waals surface area (Å²) in [5.74, 6) is 2.97. The van der Waals surface area contributed by atoms with Crippen molar-refractivity contribution in [2.75, 3.05) is 61.0 Å². The number of carbonyl (C=O) groups excluding carboxylic acids is 2. The van der Waals surface area contributed by atoms with Crippen molar-refractivity contribution in [3.63, 3.8) is 0 Å². The molecule has 5 heterocycles. The number of nitrogens with zero attached hydrogens (tertiary/aromatic N) is 8. The zero-order valence-electron chi connectivity index (χ0n) is 25.1. The maximum absolute atomic E-state index is 12.8. The highest BCUT2D eigenvalue weighted by atomic mass is 16.5. The van der Waals surface area contributed by atoms with Gasteiger partial charge in [-0.3, -0.25) is 14.3 Å². The summed E-state index contributed by atoms with van der Waals surface area (Å²) >= 11 is 0. The van der Waals surface area contributed by atoms with Gasteiger partial charge in [0.15, 0.2) is 0 Å². The minimum atomic E-state index is -0.160. The molecule has 0 atom stereocenters. The summed E-state index contributed by atoms with van der Waals surface area (Å²) in [6.45, 7) is 11.1. The van der Waals surface area contributed by atoms with Crippen LogP contribution < -0.4 is 15.1 Å². The van der Waals surface area contributed by atoms with Crippen LogP contribution in [0.3, 0.4) is 0 Å². The molecule has 42 heavy (non-hydrogen) atoms. The normalized spacial score (nSPS) is 15.6. The van der Waals surface area contributed by atoms with E-state index in [0.717, 1.165) is 67.7 Å². The largest absolute Gasteiger partial charge is 0.466 e. The maximum Gasteiger partial charge on any atom is 0.305 e. The first-order chi connectivity index (χ1) is 20.4. The van der Waals surface area contributed by atoms with E-state index in [1.165, 1.54) is 0 Å². The molecule has 0 saturated carbocycles. The Bertz CT molecular complexity index is 1360. The Kier molecular flexibility index (Phi) is 9.70. The van der Waals surface area contributed by atoms with Gasteiger partial charge in [-0.25, -0.2) is 4.98 Å². The van der Waals surface area contributed by atoms with Crippen LogP contribution in [0, 0.1) is 0 Å². The lowest BCUT2D eigenvalue weighted by atomic mass is 10.1. The molecule has 12 heteroatoms. The van der Waals surface area contributed by atoms with Crippen molar-refractivity contribution in [2.45, 2.75) is 71.8 Å². The number of nitrogens with one attached hydrogen (secondary N) is 1. The van der Waals surface area contributed by atoms with Crippen LogP contribution in [-0.2, 0) is 14.3 Å². The van der Waals surface area contributed by atoms with E-state index in [1.807, 2.05) is 35.0 Å². The number of fused-ring (bicyclic) bond motifs is 1. The molecular formula is C30H43N9O3. The van der Waals surface area contributed by atoms with Gasteiger partial charge in [0.1, 0.15) is 17.5 Å². The zero-order chi connectivity index (χ0) is 29.5. The molecule has 3 aromatic heterocycles. The molecular weight excluding hydrogens is 534 g/mol. The van der Waals surface area contributed by atoms with Crippen LogP contribution in [0.25, 0.3) is 10.9 Å². The van der Waals surface area contributed by atoms with Gasteiger partial charge in [0.2, 0.25) is 11.9 Å². The highest BCUT2D eigenvalue weighted by molar-refractivity contribution is 5.81. The summed E-state index contributed by atoms with van der Waals surface area (Å²) in [4.78, 5) is 45.1. The second kappa shape index (κ2) is 13.8. The summed E-state index contributed by atoms with van der Waals surface area (Å²) in [6, 6.07) is 4.30. The average molecular weight is 578 g/mol. The summed E-state index contributed by atoms with van der Waals surface area (Å²) in [7, 11) is 0. The molecule has 2 aliphatic rings. The molecule has 0 spiro atoms. The molecule has 0 aliphatic carbocycles. The number of esters is 1. The third-order valence-corrected chi connectivity index (χ3v) is 7.87. The van der Waals surface area contributed by atoms with E-state index < -0.39 is 0 Å². The van der Waals surface area contributed by atoms with Crippen LogP contribution >= 0.6 is 0 Å². The molecule has 5 rings (SSSR count). The van der Waals surface area contributed by atoms with E-state index in [-0.39, 0.29) is 17.9 Å². The fourth-order valence-corrected chi connectivity index (χ4v) is 5.58. The van der Waals surface area contributed by atoms with E-state index in [1.54, 1.807) is 0 Å². The number of amides is 1. The molecule has 2 fully saturated rings. The molecule has 226 valence electrons. The number of piperazine rings is 1. The second-order valence-corrected chi connectivity index (χ2v) is 11.3. The molecule has 0 unspecified atom stereocenters. The van der Waals surface area contributed by atoms with Gasteiger partial charge in [-0.15, -0.1) is 0 Å². The molecule has 1 N–H and O–H groups in total. The third-order valence-electron chi connectivity index (χ3n) is 7.87. The highest BCUT2D eigenvalue weighted by Gasteiger charge is 2.24. The van der Waals surface area contributed by atoms with Gasteiger partial charge < -0.3 is 24.8 Å². The van der Waals surface area contributed by atoms with E-state index >= 15 is 0 Å². The minimum absolute atomic E-state index is 0.160. The van der Waals surface area contributed by atoms with Crippen molar-refractivity contribution in [2.24, 2.45) is 0 Å². The lowest BCUT2D eigenvalue weighted by Gasteiger charge is -2.36. The predicted octanol–water partition coefficient (Wildman–Crippen LogP) is 4.31. The van der Waals surface area contributed by atoms with Crippen LogP contribution in [0.5, 0.6) is 0 Å². The number of aromatic nitrogens is 5. The molecule has 3 aromatic rings. The SMILES string of the molecule is CCOC(=O)CCCCCC(=O)N1CCN(c2cc(N3CCCC3)nc(Nc3cc4c(cn3)cnn4C(C)C)n2)CC1. The fourth-order valence-electron chi connectivity index (χ4n) is 5.58. The Morgan fingerprint density at radius 3 is 2.29 bits per heavy atom. The summed E-state index contributed by atoms with van der Waals surface area (Å²) in [5.41, 5.74) is 1.01. The standard InChI is InChI=1S/C30H43N9O3/c1-4-42-29(41)11-7-5-6-10-28(40)38-16-14-37(15-17-38)27-19-26(36-12-8-9-13-36)34-30(35-27)33-25-18-24-23(20-31-25)21-32-39(24)22(2)3/h18-22H,4-17H2,1-3H3,(H,31,33,34,35). The first kappa shape index (κ1) is 29.5. The van der Waals surface area contributed by atoms with Crippen LogP contribution in [0.15, 0.2) is 24.5 Å². The summed E-state index contributed by atoms with van der Waals surface area (Å²) < 4.78 is 6.95. The Balaban J connectivity index is 1.22. The number of pyridine rings is 1. The number of hydrogen-bond acceptors (Lipinski definition) is 10. The lowest BCUT2D eigenvalue weighted by molar-refractivity contribution is -0.143. The van der Waals surface area contributed by atoms with Crippen molar-refractivity contribution in [3.05, 3.63) is 24.5 Å². The van der Waals surface area contributed by atoms with Crippen LogP contribution in [0.4, 0.5) is 23.4 Å². The third kappa shape index (κ3) is 7.27. The molecule has 12 nitrogen and oxygen atoms in total. The summed E-state index contributed by atoms with van der Waals surface area (Å²) in [6.07, 6.45) is 9.30. The average Bonchev–Trinajstić information content (AvgIpc) is 3.68. The number of rotatable bonds is 12. The molecule has 2 saturated heterocycles.